The number of hydrogen-bond acceptors (Lipinski definition) is 5. The van der Waals surface area contributed by atoms with Crippen molar-refractivity contribution in [2.75, 3.05) is 11.9 Å². The van der Waals surface area contributed by atoms with Crippen molar-refractivity contribution in [3.8, 4) is 0 Å². The minimum atomic E-state index is -0.215. The van der Waals surface area contributed by atoms with Gasteiger partial charge in [0.2, 0.25) is 0 Å². The summed E-state index contributed by atoms with van der Waals surface area (Å²) in [6.07, 6.45) is 3.11. The Labute approximate surface area is 118 Å². The smallest absolute Gasteiger partial charge is 0.255 e. The van der Waals surface area contributed by atoms with Crippen LogP contribution in [0.25, 0.3) is 0 Å². The van der Waals surface area contributed by atoms with Gasteiger partial charge in [0.05, 0.1) is 12.1 Å². The van der Waals surface area contributed by atoms with Crippen LogP contribution in [0.3, 0.4) is 0 Å². The predicted molar refractivity (Wildman–Crippen MR) is 73.8 cm³/mol. The normalized spacial score (nSPS) is 10.2. The first kappa shape index (κ1) is 13.5. The number of halogens is 1. The summed E-state index contributed by atoms with van der Waals surface area (Å²) in [5.41, 5.74) is 1.15. The standard InChI is InChI=1S/C12H13BrN4O2/c1-2-14-11-10(5-8(13)6-15-11)12(18)16-7-9-3-4-19-17-9/h3-6H,2,7H2,1H3,(H,14,15)(H,16,18). The van der Waals surface area contributed by atoms with Crippen LogP contribution in [0, 0.1) is 0 Å². The molecule has 0 fully saturated rings. The molecule has 0 unspecified atom stereocenters. The lowest BCUT2D eigenvalue weighted by Gasteiger charge is -2.09. The lowest BCUT2D eigenvalue weighted by molar-refractivity contribution is 0.0950. The number of nitrogens with zero attached hydrogens (tertiary/aromatic N) is 2. The maximum atomic E-state index is 12.1. The van der Waals surface area contributed by atoms with E-state index in [2.05, 4.69) is 36.7 Å². The fraction of sp³-hybridized carbons (Fsp3) is 0.250. The SMILES string of the molecule is CCNc1ncc(Br)cc1C(=O)NCc1ccon1. The Balaban J connectivity index is 2.11. The van der Waals surface area contributed by atoms with E-state index in [1.54, 1.807) is 18.3 Å². The zero-order chi connectivity index (χ0) is 13.7. The monoisotopic (exact) mass is 324 g/mol. The van der Waals surface area contributed by atoms with Gasteiger partial charge in [0.25, 0.3) is 5.91 Å². The van der Waals surface area contributed by atoms with Crippen LogP contribution in [-0.4, -0.2) is 22.6 Å². The summed E-state index contributed by atoms with van der Waals surface area (Å²) in [7, 11) is 0. The highest BCUT2D eigenvalue weighted by Crippen LogP contribution is 2.18. The Kier molecular flexibility index (Phi) is 4.51. The average Bonchev–Trinajstić information content (AvgIpc) is 2.91. The molecule has 2 rings (SSSR count). The number of hydrogen-bond donors (Lipinski definition) is 2. The van der Waals surface area contributed by atoms with E-state index >= 15 is 0 Å². The molecule has 2 aromatic heterocycles. The van der Waals surface area contributed by atoms with E-state index in [1.807, 2.05) is 6.92 Å². The molecule has 6 nitrogen and oxygen atoms in total. The van der Waals surface area contributed by atoms with Gasteiger partial charge in [-0.25, -0.2) is 4.98 Å². The molecule has 2 heterocycles. The highest BCUT2D eigenvalue weighted by Gasteiger charge is 2.13. The summed E-state index contributed by atoms with van der Waals surface area (Å²) < 4.78 is 5.45. The van der Waals surface area contributed by atoms with Gasteiger partial charge in [-0.3, -0.25) is 4.79 Å². The molecule has 7 heteroatoms. The van der Waals surface area contributed by atoms with Crippen molar-refractivity contribution in [3.05, 3.63) is 40.3 Å². The topological polar surface area (TPSA) is 80.0 Å². The molecule has 0 aliphatic carbocycles. The molecule has 2 N–H and O–H groups in total. The molecule has 0 atom stereocenters. The van der Waals surface area contributed by atoms with Gasteiger partial charge in [-0.15, -0.1) is 0 Å². The largest absolute Gasteiger partial charge is 0.370 e. The Morgan fingerprint density at radius 1 is 1.53 bits per heavy atom. The predicted octanol–water partition coefficient (Wildman–Crippen LogP) is 2.19. The van der Waals surface area contributed by atoms with Gasteiger partial charge in [0.1, 0.15) is 17.8 Å². The van der Waals surface area contributed by atoms with E-state index in [0.717, 1.165) is 4.47 Å². The summed E-state index contributed by atoms with van der Waals surface area (Å²) in [5, 5.41) is 9.54. The third-order valence-corrected chi connectivity index (χ3v) is 2.80. The van der Waals surface area contributed by atoms with Gasteiger partial charge in [0.15, 0.2) is 0 Å². The fourth-order valence-corrected chi connectivity index (χ4v) is 1.85. The van der Waals surface area contributed by atoms with Crippen LogP contribution in [0.4, 0.5) is 5.82 Å². The molecule has 1 amide bonds. The van der Waals surface area contributed by atoms with E-state index in [4.69, 9.17) is 4.52 Å². The minimum absolute atomic E-state index is 0.215. The zero-order valence-corrected chi connectivity index (χ0v) is 11.9. The van der Waals surface area contributed by atoms with Crippen molar-refractivity contribution in [1.29, 1.82) is 0 Å². The van der Waals surface area contributed by atoms with Gasteiger partial charge in [-0.05, 0) is 28.9 Å². The highest BCUT2D eigenvalue weighted by atomic mass is 79.9. The van der Waals surface area contributed by atoms with Crippen molar-refractivity contribution in [3.63, 3.8) is 0 Å². The summed E-state index contributed by atoms with van der Waals surface area (Å²) in [4.78, 5) is 16.3. The molecule has 2 aromatic rings. The molecular weight excluding hydrogens is 312 g/mol. The van der Waals surface area contributed by atoms with E-state index in [-0.39, 0.29) is 5.91 Å². The maximum absolute atomic E-state index is 12.1. The van der Waals surface area contributed by atoms with E-state index < -0.39 is 0 Å². The fourth-order valence-electron chi connectivity index (χ4n) is 1.52. The molecule has 0 spiro atoms. The number of nitrogens with one attached hydrogen (secondary N) is 2. The third kappa shape index (κ3) is 3.54. The number of rotatable bonds is 5. The first-order valence-electron chi connectivity index (χ1n) is 5.77. The number of carbonyl (C=O) groups excluding carboxylic acids is 1. The molecule has 0 radical (unpaired) electrons. The van der Waals surface area contributed by atoms with Gasteiger partial charge in [0, 0.05) is 23.3 Å². The van der Waals surface area contributed by atoms with Crippen LogP contribution in [-0.2, 0) is 6.54 Å². The van der Waals surface area contributed by atoms with Crippen LogP contribution in [0.15, 0.2) is 33.6 Å². The Morgan fingerprint density at radius 2 is 2.37 bits per heavy atom. The number of anilines is 1. The second-order valence-corrected chi connectivity index (χ2v) is 4.67. The van der Waals surface area contributed by atoms with Crippen molar-refractivity contribution >= 4 is 27.7 Å². The Hall–Kier alpha value is -1.89. The lowest BCUT2D eigenvalue weighted by Crippen LogP contribution is -2.24. The van der Waals surface area contributed by atoms with Crippen LogP contribution in [0.2, 0.25) is 0 Å². The minimum Gasteiger partial charge on any atom is -0.370 e. The van der Waals surface area contributed by atoms with Gasteiger partial charge >= 0.3 is 0 Å². The van der Waals surface area contributed by atoms with Crippen molar-refractivity contribution < 1.29 is 9.32 Å². The van der Waals surface area contributed by atoms with Crippen molar-refractivity contribution in [2.24, 2.45) is 0 Å². The second-order valence-electron chi connectivity index (χ2n) is 3.75. The molecule has 0 aliphatic rings. The van der Waals surface area contributed by atoms with E-state index in [0.29, 0.717) is 30.2 Å². The van der Waals surface area contributed by atoms with Gasteiger partial charge in [-0.1, -0.05) is 5.16 Å². The molecule has 100 valence electrons. The molecule has 19 heavy (non-hydrogen) atoms. The first-order valence-corrected chi connectivity index (χ1v) is 6.57. The number of aromatic nitrogens is 2. The molecule has 0 saturated carbocycles. The molecule has 0 aromatic carbocycles. The highest BCUT2D eigenvalue weighted by molar-refractivity contribution is 9.10. The first-order chi connectivity index (χ1) is 9.20. The summed E-state index contributed by atoms with van der Waals surface area (Å²) in [6.45, 7) is 2.95. The summed E-state index contributed by atoms with van der Waals surface area (Å²) in [6, 6.07) is 3.42. The van der Waals surface area contributed by atoms with Crippen molar-refractivity contribution in [2.45, 2.75) is 13.5 Å². The van der Waals surface area contributed by atoms with Crippen LogP contribution in [0.1, 0.15) is 23.0 Å². The van der Waals surface area contributed by atoms with Crippen LogP contribution in [0.5, 0.6) is 0 Å². The van der Waals surface area contributed by atoms with E-state index in [1.165, 1.54) is 6.26 Å². The Bertz CT molecular complexity index is 557. The number of amides is 1. The number of pyridine rings is 1. The molecule has 0 aliphatic heterocycles. The maximum Gasteiger partial charge on any atom is 0.255 e. The van der Waals surface area contributed by atoms with Crippen LogP contribution < -0.4 is 10.6 Å². The Morgan fingerprint density at radius 3 is 3.05 bits per heavy atom. The summed E-state index contributed by atoms with van der Waals surface area (Å²) >= 11 is 3.31. The summed E-state index contributed by atoms with van der Waals surface area (Å²) in [5.74, 6) is 0.344. The molecule has 0 saturated heterocycles. The quantitative estimate of drug-likeness (QED) is 0.881. The number of carbonyl (C=O) groups is 1. The van der Waals surface area contributed by atoms with E-state index in [9.17, 15) is 4.79 Å². The van der Waals surface area contributed by atoms with Crippen molar-refractivity contribution in [1.82, 2.24) is 15.5 Å². The second kappa shape index (κ2) is 6.33. The van der Waals surface area contributed by atoms with Gasteiger partial charge < -0.3 is 15.2 Å². The molecular formula is C12H13BrN4O2. The average molecular weight is 325 g/mol. The molecule has 0 bridgehead atoms. The zero-order valence-electron chi connectivity index (χ0n) is 10.3. The van der Waals surface area contributed by atoms with Gasteiger partial charge in [-0.2, -0.15) is 0 Å². The van der Waals surface area contributed by atoms with Crippen LogP contribution >= 0.6 is 15.9 Å². The lowest BCUT2D eigenvalue weighted by atomic mass is 10.2. The third-order valence-electron chi connectivity index (χ3n) is 2.36.